The van der Waals surface area contributed by atoms with E-state index in [9.17, 15) is 14.7 Å². The van der Waals surface area contributed by atoms with E-state index in [1.807, 2.05) is 31.2 Å². The molecule has 1 fully saturated rings. The lowest BCUT2D eigenvalue weighted by Crippen LogP contribution is -2.54. The molecule has 3 rings (SSSR count). The van der Waals surface area contributed by atoms with Crippen LogP contribution in [0.5, 0.6) is 0 Å². The van der Waals surface area contributed by atoms with Crippen LogP contribution in [-0.2, 0) is 22.6 Å². The first-order valence-corrected chi connectivity index (χ1v) is 7.41. The van der Waals surface area contributed by atoms with E-state index in [0.29, 0.717) is 13.0 Å². The summed E-state index contributed by atoms with van der Waals surface area (Å²) in [5.41, 5.74) is 2.08. The van der Waals surface area contributed by atoms with Crippen molar-refractivity contribution in [2.24, 2.45) is 5.92 Å². The molecule has 112 valence electrons. The molecule has 0 bridgehead atoms. The molecule has 2 aliphatic heterocycles. The Bertz CT molecular complexity index is 572. The number of carboxylic acids is 1. The molecule has 2 N–H and O–H groups in total. The Morgan fingerprint density at radius 3 is 2.62 bits per heavy atom. The molecule has 5 nitrogen and oxygen atoms in total. The molecule has 3 atom stereocenters. The van der Waals surface area contributed by atoms with Gasteiger partial charge in [-0.25, -0.2) is 4.79 Å². The molecule has 21 heavy (non-hydrogen) atoms. The molecule has 1 amide bonds. The van der Waals surface area contributed by atoms with E-state index in [2.05, 4.69) is 5.32 Å². The van der Waals surface area contributed by atoms with Gasteiger partial charge in [0.2, 0.25) is 5.91 Å². The predicted octanol–water partition coefficient (Wildman–Crippen LogP) is 1.02. The molecule has 0 radical (unpaired) electrons. The highest BCUT2D eigenvalue weighted by Gasteiger charge is 2.40. The van der Waals surface area contributed by atoms with Crippen LogP contribution in [0.1, 0.15) is 24.5 Å². The highest BCUT2D eigenvalue weighted by Crippen LogP contribution is 2.26. The zero-order valence-electron chi connectivity index (χ0n) is 12.1. The highest BCUT2D eigenvalue weighted by atomic mass is 16.4. The predicted molar refractivity (Wildman–Crippen MR) is 77.7 cm³/mol. The third-order valence-electron chi connectivity index (χ3n) is 4.62. The van der Waals surface area contributed by atoms with Crippen LogP contribution in [0.25, 0.3) is 0 Å². The first-order valence-electron chi connectivity index (χ1n) is 7.41. The molecule has 0 saturated carbocycles. The van der Waals surface area contributed by atoms with Gasteiger partial charge in [-0.05, 0) is 30.0 Å². The van der Waals surface area contributed by atoms with E-state index in [4.69, 9.17) is 0 Å². The molecule has 1 aromatic carbocycles. The van der Waals surface area contributed by atoms with Crippen molar-refractivity contribution in [3.63, 3.8) is 0 Å². The van der Waals surface area contributed by atoms with Crippen molar-refractivity contribution in [2.45, 2.75) is 38.4 Å². The SMILES string of the molecule is CC1CCNC1C(=O)N1Cc2ccccc2C[C@@H]1C(=O)O. The largest absolute Gasteiger partial charge is 0.480 e. The van der Waals surface area contributed by atoms with Gasteiger partial charge in [0, 0.05) is 13.0 Å². The van der Waals surface area contributed by atoms with Gasteiger partial charge in [0.1, 0.15) is 6.04 Å². The van der Waals surface area contributed by atoms with Crippen LogP contribution >= 0.6 is 0 Å². The summed E-state index contributed by atoms with van der Waals surface area (Å²) in [6.07, 6.45) is 1.34. The number of nitrogens with zero attached hydrogens (tertiary/aromatic N) is 1. The smallest absolute Gasteiger partial charge is 0.326 e. The zero-order chi connectivity index (χ0) is 15.0. The van der Waals surface area contributed by atoms with Crippen LogP contribution in [0.4, 0.5) is 0 Å². The van der Waals surface area contributed by atoms with Crippen molar-refractivity contribution in [3.05, 3.63) is 35.4 Å². The fourth-order valence-corrected chi connectivity index (χ4v) is 3.32. The lowest BCUT2D eigenvalue weighted by atomic mass is 9.92. The first-order chi connectivity index (χ1) is 10.1. The van der Waals surface area contributed by atoms with Gasteiger partial charge in [0.15, 0.2) is 0 Å². The van der Waals surface area contributed by atoms with E-state index in [-0.39, 0.29) is 17.9 Å². The number of carboxylic acid groups (broad SMARTS) is 1. The van der Waals surface area contributed by atoms with Crippen molar-refractivity contribution >= 4 is 11.9 Å². The van der Waals surface area contributed by atoms with Crippen molar-refractivity contribution in [1.29, 1.82) is 0 Å². The van der Waals surface area contributed by atoms with Crippen molar-refractivity contribution in [1.82, 2.24) is 10.2 Å². The van der Waals surface area contributed by atoms with Gasteiger partial charge in [-0.3, -0.25) is 4.79 Å². The van der Waals surface area contributed by atoms with Gasteiger partial charge in [-0.1, -0.05) is 31.2 Å². The molecular formula is C16H20N2O3. The minimum atomic E-state index is -0.927. The summed E-state index contributed by atoms with van der Waals surface area (Å²) in [4.78, 5) is 25.8. The molecule has 2 heterocycles. The van der Waals surface area contributed by atoms with Crippen molar-refractivity contribution < 1.29 is 14.7 Å². The maximum atomic E-state index is 12.7. The summed E-state index contributed by atoms with van der Waals surface area (Å²) in [6, 6.07) is 6.75. The maximum absolute atomic E-state index is 12.7. The lowest BCUT2D eigenvalue weighted by Gasteiger charge is -2.36. The van der Waals surface area contributed by atoms with Crippen LogP contribution in [-0.4, -0.2) is 40.5 Å². The Balaban J connectivity index is 1.89. The zero-order valence-corrected chi connectivity index (χ0v) is 12.1. The third-order valence-corrected chi connectivity index (χ3v) is 4.62. The number of carbonyl (C=O) groups excluding carboxylic acids is 1. The number of nitrogens with one attached hydrogen (secondary N) is 1. The van der Waals surface area contributed by atoms with E-state index < -0.39 is 12.0 Å². The van der Waals surface area contributed by atoms with Gasteiger partial charge in [0.05, 0.1) is 6.04 Å². The number of rotatable bonds is 2. The fourth-order valence-electron chi connectivity index (χ4n) is 3.32. The van der Waals surface area contributed by atoms with Crippen LogP contribution < -0.4 is 5.32 Å². The third kappa shape index (κ3) is 2.53. The Morgan fingerprint density at radius 1 is 1.29 bits per heavy atom. The second kappa shape index (κ2) is 5.48. The molecular weight excluding hydrogens is 268 g/mol. The standard InChI is InChI=1S/C16H20N2O3/c1-10-6-7-17-14(10)15(19)18-9-12-5-3-2-4-11(12)8-13(18)16(20)21/h2-5,10,13-14,17H,6-9H2,1H3,(H,20,21)/t10?,13-,14?/m1/s1. The van der Waals surface area contributed by atoms with E-state index in [1.54, 1.807) is 0 Å². The first kappa shape index (κ1) is 14.1. The van der Waals surface area contributed by atoms with Crippen LogP contribution in [0.15, 0.2) is 24.3 Å². The highest BCUT2D eigenvalue weighted by molar-refractivity contribution is 5.88. The number of benzene rings is 1. The van der Waals surface area contributed by atoms with E-state index in [1.165, 1.54) is 4.90 Å². The van der Waals surface area contributed by atoms with Gasteiger partial charge in [0.25, 0.3) is 0 Å². The van der Waals surface area contributed by atoms with Crippen LogP contribution in [0.3, 0.4) is 0 Å². The molecule has 0 aliphatic carbocycles. The van der Waals surface area contributed by atoms with Crippen LogP contribution in [0.2, 0.25) is 0 Å². The second-order valence-corrected chi connectivity index (χ2v) is 5.99. The topological polar surface area (TPSA) is 69.6 Å². The molecule has 2 aliphatic rings. The molecule has 2 unspecified atom stereocenters. The van der Waals surface area contributed by atoms with E-state index in [0.717, 1.165) is 24.1 Å². The van der Waals surface area contributed by atoms with Gasteiger partial charge >= 0.3 is 5.97 Å². The quantitative estimate of drug-likeness (QED) is 0.852. The Labute approximate surface area is 123 Å². The molecule has 5 heteroatoms. The number of hydrogen-bond acceptors (Lipinski definition) is 3. The second-order valence-electron chi connectivity index (χ2n) is 5.99. The molecule has 1 saturated heterocycles. The lowest BCUT2D eigenvalue weighted by molar-refractivity contribution is -0.152. The molecule has 0 aromatic heterocycles. The minimum Gasteiger partial charge on any atom is -0.480 e. The van der Waals surface area contributed by atoms with Crippen molar-refractivity contribution in [3.8, 4) is 0 Å². The molecule has 1 aromatic rings. The monoisotopic (exact) mass is 288 g/mol. The maximum Gasteiger partial charge on any atom is 0.326 e. The Hall–Kier alpha value is -1.88. The summed E-state index contributed by atoms with van der Waals surface area (Å²) in [6.45, 7) is 3.24. The van der Waals surface area contributed by atoms with Gasteiger partial charge in [-0.15, -0.1) is 0 Å². The van der Waals surface area contributed by atoms with Crippen LogP contribution in [0, 0.1) is 5.92 Å². The summed E-state index contributed by atoms with van der Waals surface area (Å²) in [7, 11) is 0. The average Bonchev–Trinajstić information content (AvgIpc) is 2.91. The summed E-state index contributed by atoms with van der Waals surface area (Å²) in [5, 5.41) is 12.7. The number of carbonyl (C=O) groups is 2. The summed E-state index contributed by atoms with van der Waals surface area (Å²) in [5.74, 6) is -0.755. The van der Waals surface area contributed by atoms with Gasteiger partial charge < -0.3 is 15.3 Å². The Kier molecular flexibility index (Phi) is 3.68. The molecule has 0 spiro atoms. The van der Waals surface area contributed by atoms with Gasteiger partial charge in [-0.2, -0.15) is 0 Å². The normalized spacial score (nSPS) is 28.2. The average molecular weight is 288 g/mol. The Morgan fingerprint density at radius 2 is 2.00 bits per heavy atom. The summed E-state index contributed by atoms with van der Waals surface area (Å²) < 4.78 is 0. The number of hydrogen-bond donors (Lipinski definition) is 2. The number of amides is 1. The fraction of sp³-hybridized carbons (Fsp3) is 0.500. The summed E-state index contributed by atoms with van der Waals surface area (Å²) >= 11 is 0. The minimum absolute atomic E-state index is 0.0816. The number of aliphatic carboxylic acids is 1. The number of fused-ring (bicyclic) bond motifs is 1. The van der Waals surface area contributed by atoms with Crippen molar-refractivity contribution in [2.75, 3.05) is 6.54 Å². The van der Waals surface area contributed by atoms with E-state index >= 15 is 0 Å².